The number of aliphatic hydroxyl groups is 3. The molecule has 1 aromatic rings. The highest BCUT2D eigenvalue weighted by atomic mass is 79.9. The largest absolute Gasteiger partial charge is 0.464 e. The molecule has 0 saturated carbocycles. The van der Waals surface area contributed by atoms with Gasteiger partial charge in [0.05, 0.1) is 28.2 Å². The van der Waals surface area contributed by atoms with Gasteiger partial charge in [-0.2, -0.15) is 0 Å². The highest BCUT2D eigenvalue weighted by Gasteiger charge is 2.43. The second-order valence-corrected chi connectivity index (χ2v) is 6.53. The molecule has 2 heterocycles. The summed E-state index contributed by atoms with van der Waals surface area (Å²) in [7, 11) is 0. The number of benzene rings is 1. The Kier molecular flexibility index (Phi) is 4.46. The van der Waals surface area contributed by atoms with Crippen LogP contribution in [0.2, 0.25) is 5.02 Å². The van der Waals surface area contributed by atoms with Crippen molar-refractivity contribution in [3.05, 3.63) is 32.2 Å². The number of ether oxygens (including phenoxy) is 2. The lowest BCUT2D eigenvalue weighted by Crippen LogP contribution is -2.57. The Labute approximate surface area is 139 Å². The Morgan fingerprint density at radius 3 is 2.73 bits per heavy atom. The van der Waals surface area contributed by atoms with E-state index in [1.165, 1.54) is 0 Å². The maximum Gasteiger partial charge on any atom is 0.228 e. The average molecular weight is 393 g/mol. The zero-order chi connectivity index (χ0) is 16.0. The Bertz CT molecular complexity index is 712. The lowest BCUT2D eigenvalue weighted by molar-refractivity contribution is -0.276. The van der Waals surface area contributed by atoms with Crippen LogP contribution in [0.1, 0.15) is 6.92 Å². The van der Waals surface area contributed by atoms with Gasteiger partial charge >= 0.3 is 0 Å². The fraction of sp³-hybridized carbons (Fsp3) is 0.500. The maximum absolute atomic E-state index is 10.0. The van der Waals surface area contributed by atoms with Crippen LogP contribution in [0.3, 0.4) is 0 Å². The molecule has 1 fully saturated rings. The number of aliphatic hydroxyl groups excluding tert-OH is 3. The van der Waals surface area contributed by atoms with E-state index >= 15 is 0 Å². The summed E-state index contributed by atoms with van der Waals surface area (Å²) in [5, 5.41) is 31.3. The molecular weight excluding hydrogens is 378 g/mol. The maximum atomic E-state index is 10.0. The Morgan fingerprint density at radius 1 is 1.27 bits per heavy atom. The second kappa shape index (κ2) is 6.07. The van der Waals surface area contributed by atoms with Crippen LogP contribution in [-0.2, 0) is 9.47 Å². The number of fused-ring (bicyclic) bond motifs is 1. The smallest absolute Gasteiger partial charge is 0.228 e. The summed E-state index contributed by atoms with van der Waals surface area (Å²) in [6.07, 6.45) is -5.64. The molecule has 5 atom stereocenters. The fourth-order valence-corrected chi connectivity index (χ4v) is 3.12. The molecule has 0 unspecified atom stereocenters. The summed E-state index contributed by atoms with van der Waals surface area (Å²) >= 11 is 9.61. The standard InChI is InChI=1S/C14H15BrClNO5/c1-5-11(18)12(19)13(20)14(21-5)22-8-4-17-7-3-2-6(15)10(16)9(7)8/h2-3,5,11-14,18-20H,4H2,1H3/t5-,11-,12+,13+,14+/m1/s1. The van der Waals surface area contributed by atoms with Crippen molar-refractivity contribution in [2.24, 2.45) is 4.99 Å². The van der Waals surface area contributed by atoms with Crippen molar-refractivity contribution in [3.63, 3.8) is 0 Å². The molecule has 2 aliphatic heterocycles. The highest BCUT2D eigenvalue weighted by molar-refractivity contribution is 9.10. The molecule has 3 N–H and O–H groups in total. The van der Waals surface area contributed by atoms with Crippen molar-refractivity contribution >= 4 is 33.3 Å². The minimum atomic E-state index is -1.37. The van der Waals surface area contributed by atoms with Crippen LogP contribution in [0, 0.1) is 0 Å². The number of rotatable bonds is 2. The molecule has 120 valence electrons. The summed E-state index contributed by atoms with van der Waals surface area (Å²) < 4.78 is 11.8. The van der Waals surface area contributed by atoms with Gasteiger partial charge in [0, 0.05) is 4.47 Å². The molecular formula is C14H15BrClNO5. The molecule has 0 spiro atoms. The van der Waals surface area contributed by atoms with Crippen molar-refractivity contribution in [1.82, 2.24) is 0 Å². The van der Waals surface area contributed by atoms with Gasteiger partial charge in [0.15, 0.2) is 0 Å². The van der Waals surface area contributed by atoms with E-state index in [2.05, 4.69) is 20.9 Å². The first-order valence-corrected chi connectivity index (χ1v) is 7.95. The van der Waals surface area contributed by atoms with Gasteiger partial charge < -0.3 is 24.8 Å². The Balaban J connectivity index is 1.94. The van der Waals surface area contributed by atoms with Crippen molar-refractivity contribution in [1.29, 1.82) is 0 Å². The van der Waals surface area contributed by atoms with Crippen molar-refractivity contribution < 1.29 is 24.8 Å². The van der Waals surface area contributed by atoms with Crippen molar-refractivity contribution in [2.75, 3.05) is 6.54 Å². The molecule has 0 radical (unpaired) electrons. The van der Waals surface area contributed by atoms with E-state index in [1.807, 2.05) is 0 Å². The van der Waals surface area contributed by atoms with Gasteiger partial charge in [-0.1, -0.05) is 11.6 Å². The van der Waals surface area contributed by atoms with Gasteiger partial charge in [0.1, 0.15) is 24.1 Å². The predicted octanol–water partition coefficient (Wildman–Crippen LogP) is -0.312. The summed E-state index contributed by atoms with van der Waals surface area (Å²) in [4.78, 5) is 4.31. The van der Waals surface area contributed by atoms with Crippen LogP contribution in [0.15, 0.2) is 21.6 Å². The lowest BCUT2D eigenvalue weighted by Gasteiger charge is -2.39. The number of halogens is 2. The minimum absolute atomic E-state index is 0.269. The average Bonchev–Trinajstić information content (AvgIpc) is 2.90. The first-order valence-electron chi connectivity index (χ1n) is 6.78. The number of hydrogen-bond donors (Lipinski definition) is 3. The highest BCUT2D eigenvalue weighted by Crippen LogP contribution is 2.25. The summed E-state index contributed by atoms with van der Waals surface area (Å²) in [6, 6.07) is 3.60. The lowest BCUT2D eigenvalue weighted by atomic mass is 10.00. The van der Waals surface area contributed by atoms with Gasteiger partial charge in [-0.15, -0.1) is 0 Å². The molecule has 0 aliphatic carbocycles. The van der Waals surface area contributed by atoms with Crippen LogP contribution in [0.4, 0.5) is 0 Å². The van der Waals surface area contributed by atoms with E-state index < -0.39 is 30.7 Å². The molecule has 0 amide bonds. The zero-order valence-corrected chi connectivity index (χ0v) is 14.0. The molecule has 2 aliphatic rings. The van der Waals surface area contributed by atoms with Gasteiger partial charge in [-0.05, 0) is 35.0 Å². The van der Waals surface area contributed by atoms with Gasteiger partial charge in [0.25, 0.3) is 0 Å². The van der Waals surface area contributed by atoms with E-state index in [0.717, 1.165) is 0 Å². The molecule has 8 heteroatoms. The van der Waals surface area contributed by atoms with Crippen LogP contribution in [0.25, 0.3) is 5.76 Å². The van der Waals surface area contributed by atoms with Gasteiger partial charge in [-0.25, -0.2) is 0 Å². The molecule has 1 aromatic carbocycles. The monoisotopic (exact) mass is 391 g/mol. The van der Waals surface area contributed by atoms with E-state index in [0.29, 0.717) is 25.8 Å². The van der Waals surface area contributed by atoms with Crippen LogP contribution in [0.5, 0.6) is 0 Å². The molecule has 6 nitrogen and oxygen atoms in total. The van der Waals surface area contributed by atoms with E-state index in [1.54, 1.807) is 19.1 Å². The topological polar surface area (TPSA) is 91.5 Å². The first-order chi connectivity index (χ1) is 10.4. The third-order valence-corrected chi connectivity index (χ3v) is 5.09. The zero-order valence-electron chi connectivity index (χ0n) is 11.6. The first kappa shape index (κ1) is 16.2. The predicted molar refractivity (Wildman–Crippen MR) is 81.6 cm³/mol. The van der Waals surface area contributed by atoms with E-state index in [-0.39, 0.29) is 6.54 Å². The summed E-state index contributed by atoms with van der Waals surface area (Å²) in [5.74, 6) is 0.459. The number of nitrogens with zero attached hydrogens (tertiary/aromatic N) is 1. The molecule has 0 bridgehead atoms. The Hall–Kier alpha value is -0.700. The van der Waals surface area contributed by atoms with Gasteiger partial charge in [0.2, 0.25) is 6.29 Å². The fourth-order valence-electron chi connectivity index (χ4n) is 2.52. The molecule has 3 rings (SSSR count). The van der Waals surface area contributed by atoms with Crippen molar-refractivity contribution in [2.45, 2.75) is 37.6 Å². The Morgan fingerprint density at radius 2 is 2.00 bits per heavy atom. The van der Waals surface area contributed by atoms with Gasteiger partial charge in [-0.3, -0.25) is 4.99 Å². The molecule has 1 saturated heterocycles. The third-order valence-electron chi connectivity index (χ3n) is 3.81. The van der Waals surface area contributed by atoms with Crippen LogP contribution >= 0.6 is 27.5 Å². The minimum Gasteiger partial charge on any atom is -0.464 e. The van der Waals surface area contributed by atoms with Crippen LogP contribution in [-0.4, -0.2) is 52.6 Å². The summed E-state index contributed by atoms with van der Waals surface area (Å²) in [5.41, 5.74) is 0. The van der Waals surface area contributed by atoms with Crippen LogP contribution < -0.4 is 10.6 Å². The van der Waals surface area contributed by atoms with E-state index in [4.69, 9.17) is 21.1 Å². The quantitative estimate of drug-likeness (QED) is 0.642. The molecule has 22 heavy (non-hydrogen) atoms. The van der Waals surface area contributed by atoms with E-state index in [9.17, 15) is 15.3 Å². The molecule has 0 aromatic heterocycles. The van der Waals surface area contributed by atoms with Crippen molar-refractivity contribution in [3.8, 4) is 0 Å². The number of hydrogen-bond acceptors (Lipinski definition) is 6. The second-order valence-electron chi connectivity index (χ2n) is 5.29. The normalized spacial score (nSPS) is 34.3. The third kappa shape index (κ3) is 2.66. The summed E-state index contributed by atoms with van der Waals surface area (Å²) in [6.45, 7) is 1.86. The SMILES string of the molecule is C[C@H]1O[C@@H](OC2=c3c(Cl)c(Br)ccc3=NC2)[C@@H](O)[C@@H](O)[C@@H]1O.